The van der Waals surface area contributed by atoms with Crippen molar-refractivity contribution in [1.82, 2.24) is 20.0 Å². The molecule has 0 unspecified atom stereocenters. The number of piperazine rings is 1. The van der Waals surface area contributed by atoms with Crippen LogP contribution in [0.3, 0.4) is 0 Å². The van der Waals surface area contributed by atoms with Gasteiger partial charge in [0.05, 0.1) is 5.56 Å². The van der Waals surface area contributed by atoms with Gasteiger partial charge in [-0.05, 0) is 25.1 Å². The summed E-state index contributed by atoms with van der Waals surface area (Å²) < 4.78 is 43.3. The first kappa shape index (κ1) is 20.3. The van der Waals surface area contributed by atoms with Crippen molar-refractivity contribution in [3.05, 3.63) is 60.1 Å². The molecule has 0 amide bonds. The van der Waals surface area contributed by atoms with Gasteiger partial charge in [0.15, 0.2) is 0 Å². The van der Waals surface area contributed by atoms with E-state index in [1.54, 1.807) is 0 Å². The second-order valence-electron chi connectivity index (χ2n) is 7.21. The number of benzene rings is 1. The number of hydrogen-bond acceptors (Lipinski definition) is 6. The molecule has 0 spiro atoms. The largest absolute Gasteiger partial charge is 0.417 e. The van der Waals surface area contributed by atoms with Crippen LogP contribution in [-0.4, -0.2) is 52.7 Å². The van der Waals surface area contributed by atoms with Gasteiger partial charge in [0.1, 0.15) is 5.82 Å². The standard InChI is InChI=1S/C21H22F3N5O/c22-21(23,24)17-8-9-18(25-15-17)29-13-11-28(12-14-29)10-4-7-19-26-20(27-30-19)16-5-2-1-3-6-16/h1-3,5-6,8-9,15H,4,7,10-14H2. The summed E-state index contributed by atoms with van der Waals surface area (Å²) in [5.41, 5.74) is 0.210. The minimum Gasteiger partial charge on any atom is -0.354 e. The SMILES string of the molecule is FC(F)(F)c1ccc(N2CCN(CCCc3nc(-c4ccccc4)no3)CC2)nc1. The fraction of sp³-hybridized carbons (Fsp3) is 0.381. The summed E-state index contributed by atoms with van der Waals surface area (Å²) in [6, 6.07) is 12.2. The number of aromatic nitrogens is 3. The van der Waals surface area contributed by atoms with Crippen LogP contribution in [-0.2, 0) is 12.6 Å². The molecule has 1 aliphatic heterocycles. The molecule has 4 rings (SSSR count). The van der Waals surface area contributed by atoms with Crippen LogP contribution >= 0.6 is 0 Å². The Balaban J connectivity index is 1.21. The van der Waals surface area contributed by atoms with E-state index >= 15 is 0 Å². The molecule has 1 aliphatic rings. The van der Waals surface area contributed by atoms with E-state index in [0.717, 1.165) is 57.0 Å². The lowest BCUT2D eigenvalue weighted by Gasteiger charge is -2.35. The maximum absolute atomic E-state index is 12.7. The third-order valence-electron chi connectivity index (χ3n) is 5.14. The van der Waals surface area contributed by atoms with Crippen molar-refractivity contribution in [2.24, 2.45) is 0 Å². The lowest BCUT2D eigenvalue weighted by atomic mass is 10.2. The molecule has 3 aromatic rings. The lowest BCUT2D eigenvalue weighted by Crippen LogP contribution is -2.47. The molecule has 2 aromatic heterocycles. The minimum atomic E-state index is -4.36. The Morgan fingerprint density at radius 3 is 2.40 bits per heavy atom. The summed E-state index contributed by atoms with van der Waals surface area (Å²) in [6.07, 6.45) is -1.85. The zero-order chi connectivity index (χ0) is 21.0. The van der Waals surface area contributed by atoms with Crippen molar-refractivity contribution in [1.29, 1.82) is 0 Å². The van der Waals surface area contributed by atoms with Crippen LogP contribution < -0.4 is 4.90 Å². The predicted molar refractivity (Wildman–Crippen MR) is 106 cm³/mol. The van der Waals surface area contributed by atoms with Gasteiger partial charge in [-0.25, -0.2) is 4.98 Å². The highest BCUT2D eigenvalue weighted by Crippen LogP contribution is 2.29. The number of hydrogen-bond donors (Lipinski definition) is 0. The summed E-state index contributed by atoms with van der Waals surface area (Å²) >= 11 is 0. The van der Waals surface area contributed by atoms with Crippen LogP contribution in [0.1, 0.15) is 17.9 Å². The van der Waals surface area contributed by atoms with Crippen LogP contribution in [0, 0.1) is 0 Å². The number of rotatable bonds is 6. The molecule has 1 aromatic carbocycles. The Kier molecular flexibility index (Phi) is 5.98. The number of alkyl halides is 3. The second-order valence-corrected chi connectivity index (χ2v) is 7.21. The smallest absolute Gasteiger partial charge is 0.354 e. The average Bonchev–Trinajstić information content (AvgIpc) is 3.23. The van der Waals surface area contributed by atoms with Crippen molar-refractivity contribution in [2.45, 2.75) is 19.0 Å². The predicted octanol–water partition coefficient (Wildman–Crippen LogP) is 3.91. The first-order chi connectivity index (χ1) is 14.5. The number of aryl methyl sites for hydroxylation is 1. The third kappa shape index (κ3) is 4.96. The minimum absolute atomic E-state index is 0.585. The summed E-state index contributed by atoms with van der Waals surface area (Å²) in [7, 11) is 0. The molecule has 0 aliphatic carbocycles. The quantitative estimate of drug-likeness (QED) is 0.606. The van der Waals surface area contributed by atoms with E-state index in [9.17, 15) is 13.2 Å². The fourth-order valence-electron chi connectivity index (χ4n) is 3.46. The molecule has 0 N–H and O–H groups in total. The van der Waals surface area contributed by atoms with Gasteiger partial charge in [-0.15, -0.1) is 0 Å². The van der Waals surface area contributed by atoms with Gasteiger partial charge < -0.3 is 9.42 Å². The zero-order valence-corrected chi connectivity index (χ0v) is 16.3. The normalized spacial score (nSPS) is 15.5. The highest BCUT2D eigenvalue weighted by atomic mass is 19.4. The van der Waals surface area contributed by atoms with Gasteiger partial charge in [-0.1, -0.05) is 35.5 Å². The van der Waals surface area contributed by atoms with Gasteiger partial charge in [0.25, 0.3) is 0 Å². The highest BCUT2D eigenvalue weighted by molar-refractivity contribution is 5.53. The lowest BCUT2D eigenvalue weighted by molar-refractivity contribution is -0.137. The van der Waals surface area contributed by atoms with E-state index in [1.165, 1.54) is 6.07 Å². The second kappa shape index (κ2) is 8.83. The summed E-state index contributed by atoms with van der Waals surface area (Å²) in [6.45, 7) is 4.04. The van der Waals surface area contributed by atoms with E-state index in [-0.39, 0.29) is 0 Å². The fourth-order valence-corrected chi connectivity index (χ4v) is 3.46. The number of nitrogens with zero attached hydrogens (tertiary/aromatic N) is 5. The van der Waals surface area contributed by atoms with Crippen molar-refractivity contribution in [2.75, 3.05) is 37.6 Å². The molecule has 3 heterocycles. The monoisotopic (exact) mass is 417 g/mol. The first-order valence-electron chi connectivity index (χ1n) is 9.87. The molecule has 6 nitrogen and oxygen atoms in total. The van der Waals surface area contributed by atoms with Crippen LogP contribution in [0.25, 0.3) is 11.4 Å². The molecule has 1 saturated heterocycles. The van der Waals surface area contributed by atoms with E-state index in [0.29, 0.717) is 24.0 Å². The maximum atomic E-state index is 12.7. The number of halogens is 3. The van der Waals surface area contributed by atoms with Gasteiger partial charge in [-0.2, -0.15) is 18.2 Å². The first-order valence-corrected chi connectivity index (χ1v) is 9.87. The van der Waals surface area contributed by atoms with Crippen molar-refractivity contribution < 1.29 is 17.7 Å². The Bertz CT molecular complexity index is 935. The Morgan fingerprint density at radius 2 is 1.73 bits per heavy atom. The molecular formula is C21H22F3N5O. The third-order valence-corrected chi connectivity index (χ3v) is 5.14. The van der Waals surface area contributed by atoms with Crippen molar-refractivity contribution >= 4 is 5.82 Å². The van der Waals surface area contributed by atoms with E-state index in [4.69, 9.17) is 4.52 Å². The van der Waals surface area contributed by atoms with Crippen molar-refractivity contribution in [3.63, 3.8) is 0 Å². The van der Waals surface area contributed by atoms with Crippen LogP contribution in [0.2, 0.25) is 0 Å². The Labute approximate surface area is 172 Å². The number of pyridine rings is 1. The molecule has 0 atom stereocenters. The molecule has 1 fully saturated rings. The molecule has 9 heteroatoms. The van der Waals surface area contributed by atoms with Crippen LogP contribution in [0.15, 0.2) is 53.2 Å². The maximum Gasteiger partial charge on any atom is 0.417 e. The van der Waals surface area contributed by atoms with E-state index < -0.39 is 11.7 Å². The molecule has 30 heavy (non-hydrogen) atoms. The number of anilines is 1. The topological polar surface area (TPSA) is 58.3 Å². The summed E-state index contributed by atoms with van der Waals surface area (Å²) in [5.74, 6) is 1.81. The van der Waals surface area contributed by atoms with E-state index in [1.807, 2.05) is 35.2 Å². The molecule has 0 bridgehead atoms. The molecule has 158 valence electrons. The van der Waals surface area contributed by atoms with Gasteiger partial charge in [0, 0.05) is 44.4 Å². The molecule has 0 radical (unpaired) electrons. The average molecular weight is 417 g/mol. The van der Waals surface area contributed by atoms with Gasteiger partial charge in [0.2, 0.25) is 11.7 Å². The summed E-state index contributed by atoms with van der Waals surface area (Å²) in [5, 5.41) is 4.03. The molecular weight excluding hydrogens is 395 g/mol. The van der Waals surface area contributed by atoms with Gasteiger partial charge >= 0.3 is 6.18 Å². The van der Waals surface area contributed by atoms with Gasteiger partial charge in [-0.3, -0.25) is 4.90 Å². The molecule has 0 saturated carbocycles. The highest BCUT2D eigenvalue weighted by Gasteiger charge is 2.31. The van der Waals surface area contributed by atoms with Crippen molar-refractivity contribution in [3.8, 4) is 11.4 Å². The summed E-state index contributed by atoms with van der Waals surface area (Å²) in [4.78, 5) is 12.8. The van der Waals surface area contributed by atoms with E-state index in [2.05, 4.69) is 20.0 Å². The van der Waals surface area contributed by atoms with Crippen LogP contribution in [0.4, 0.5) is 19.0 Å². The zero-order valence-electron chi connectivity index (χ0n) is 16.3. The Morgan fingerprint density at radius 1 is 0.967 bits per heavy atom. The Hall–Kier alpha value is -2.94. The van der Waals surface area contributed by atoms with Crippen LogP contribution in [0.5, 0.6) is 0 Å².